The summed E-state index contributed by atoms with van der Waals surface area (Å²) in [5.41, 5.74) is 1.82. The molecule has 0 bridgehead atoms. The molecule has 1 aliphatic heterocycles. The SMILES string of the molecule is COc1nc(-c2nc3n(n2)CCCC3Cc2ccccc2C(F)(F)F)ccc1-n1cnc(C)c1. The third-order valence-corrected chi connectivity index (χ3v) is 6.03. The summed E-state index contributed by atoms with van der Waals surface area (Å²) in [5, 5.41) is 4.61. The molecule has 0 saturated carbocycles. The number of rotatable bonds is 5. The fourth-order valence-electron chi connectivity index (χ4n) is 4.44. The van der Waals surface area contributed by atoms with Crippen LogP contribution in [0.3, 0.4) is 0 Å². The molecular weight excluding hydrogens is 445 g/mol. The summed E-state index contributed by atoms with van der Waals surface area (Å²) >= 11 is 0. The number of fused-ring (bicyclic) bond motifs is 1. The molecule has 1 unspecified atom stereocenters. The Hall–Kier alpha value is -3.69. The van der Waals surface area contributed by atoms with Crippen molar-refractivity contribution in [3.05, 3.63) is 71.6 Å². The quantitative estimate of drug-likeness (QED) is 0.413. The Balaban J connectivity index is 1.47. The number of imidazole rings is 1. The Morgan fingerprint density at radius 2 is 1.94 bits per heavy atom. The van der Waals surface area contributed by atoms with Gasteiger partial charge >= 0.3 is 6.18 Å². The zero-order valence-corrected chi connectivity index (χ0v) is 18.8. The number of alkyl halides is 3. The summed E-state index contributed by atoms with van der Waals surface area (Å²) < 4.78 is 49.6. The molecule has 1 aliphatic rings. The smallest absolute Gasteiger partial charge is 0.416 e. The van der Waals surface area contributed by atoms with E-state index in [2.05, 4.69) is 15.1 Å². The molecule has 34 heavy (non-hydrogen) atoms. The second-order valence-corrected chi connectivity index (χ2v) is 8.36. The van der Waals surface area contributed by atoms with Crippen LogP contribution < -0.4 is 4.74 Å². The minimum absolute atomic E-state index is 0.159. The molecule has 4 aromatic rings. The van der Waals surface area contributed by atoms with Crippen LogP contribution in [-0.2, 0) is 19.1 Å². The molecule has 176 valence electrons. The highest BCUT2D eigenvalue weighted by Crippen LogP contribution is 2.37. The summed E-state index contributed by atoms with van der Waals surface area (Å²) in [4.78, 5) is 13.5. The molecule has 3 aromatic heterocycles. The number of methoxy groups -OCH3 is 1. The van der Waals surface area contributed by atoms with Gasteiger partial charge in [0.05, 0.1) is 24.7 Å². The fraction of sp³-hybridized carbons (Fsp3) is 0.333. The average Bonchev–Trinajstić information content (AvgIpc) is 3.45. The van der Waals surface area contributed by atoms with Gasteiger partial charge in [0.1, 0.15) is 17.2 Å². The molecule has 0 amide bonds. The lowest BCUT2D eigenvalue weighted by Crippen LogP contribution is -2.20. The van der Waals surface area contributed by atoms with E-state index in [-0.39, 0.29) is 17.9 Å². The Bertz CT molecular complexity index is 1330. The molecule has 1 atom stereocenters. The van der Waals surface area contributed by atoms with Gasteiger partial charge in [-0.2, -0.15) is 13.2 Å². The van der Waals surface area contributed by atoms with Crippen LogP contribution in [0, 0.1) is 6.92 Å². The maximum atomic E-state index is 13.5. The van der Waals surface area contributed by atoms with Crippen LogP contribution in [0.4, 0.5) is 13.2 Å². The van der Waals surface area contributed by atoms with Gasteiger partial charge in [0.15, 0.2) is 5.82 Å². The van der Waals surface area contributed by atoms with Crippen LogP contribution in [0.15, 0.2) is 48.9 Å². The molecule has 0 spiro atoms. The summed E-state index contributed by atoms with van der Waals surface area (Å²) in [6.07, 6.45) is 0.996. The van der Waals surface area contributed by atoms with Gasteiger partial charge in [-0.15, -0.1) is 5.10 Å². The Labute approximate surface area is 194 Å². The first kappa shape index (κ1) is 22.1. The van der Waals surface area contributed by atoms with Crippen molar-refractivity contribution in [1.82, 2.24) is 29.3 Å². The summed E-state index contributed by atoms with van der Waals surface area (Å²) in [6.45, 7) is 2.57. The standard InChI is InChI=1S/C24H23F3N6O/c1-15-13-32(14-28-15)20-10-9-19(29-23(20)34-2)21-30-22-17(7-5-11-33(22)31-21)12-16-6-3-4-8-18(16)24(25,26)27/h3-4,6,8-10,13-14,17H,5,7,11-12H2,1-2H3. The summed E-state index contributed by atoms with van der Waals surface area (Å²) in [7, 11) is 1.54. The molecule has 0 saturated heterocycles. The van der Waals surface area contributed by atoms with Crippen molar-refractivity contribution in [1.29, 1.82) is 0 Å². The lowest BCUT2D eigenvalue weighted by atomic mass is 9.89. The first-order chi connectivity index (χ1) is 16.3. The van der Waals surface area contributed by atoms with Crippen molar-refractivity contribution in [2.75, 3.05) is 7.11 Å². The van der Waals surface area contributed by atoms with Crippen molar-refractivity contribution in [3.8, 4) is 23.1 Å². The van der Waals surface area contributed by atoms with Gasteiger partial charge in [0.25, 0.3) is 0 Å². The van der Waals surface area contributed by atoms with E-state index in [0.717, 1.165) is 30.3 Å². The molecule has 0 N–H and O–H groups in total. The number of nitrogens with zero attached hydrogens (tertiary/aromatic N) is 6. The van der Waals surface area contributed by atoms with Crippen LogP contribution in [0.1, 0.15) is 41.4 Å². The molecule has 4 heterocycles. The molecule has 10 heteroatoms. The highest BCUT2D eigenvalue weighted by atomic mass is 19.4. The molecule has 0 radical (unpaired) electrons. The van der Waals surface area contributed by atoms with Crippen LogP contribution in [0.25, 0.3) is 17.2 Å². The number of halogens is 3. The van der Waals surface area contributed by atoms with Gasteiger partial charge in [-0.3, -0.25) is 0 Å². The molecule has 7 nitrogen and oxygen atoms in total. The average molecular weight is 468 g/mol. The molecule has 1 aromatic carbocycles. The molecule has 5 rings (SSSR count). The van der Waals surface area contributed by atoms with Crippen molar-refractivity contribution in [2.24, 2.45) is 0 Å². The molecular formula is C24H23F3N6O. The van der Waals surface area contributed by atoms with E-state index in [1.165, 1.54) is 6.07 Å². The monoisotopic (exact) mass is 468 g/mol. The van der Waals surface area contributed by atoms with E-state index in [4.69, 9.17) is 9.72 Å². The van der Waals surface area contributed by atoms with Crippen molar-refractivity contribution >= 4 is 0 Å². The number of hydrogen-bond donors (Lipinski definition) is 0. The van der Waals surface area contributed by atoms with Crippen molar-refractivity contribution < 1.29 is 17.9 Å². The van der Waals surface area contributed by atoms with Gasteiger partial charge in [0, 0.05) is 18.7 Å². The number of aryl methyl sites for hydroxylation is 2. The second-order valence-electron chi connectivity index (χ2n) is 8.36. The van der Waals surface area contributed by atoms with Crippen LogP contribution in [-0.4, -0.2) is 36.4 Å². The lowest BCUT2D eigenvalue weighted by Gasteiger charge is -2.23. The van der Waals surface area contributed by atoms with Gasteiger partial charge in [-0.1, -0.05) is 18.2 Å². The third kappa shape index (κ3) is 4.15. The normalized spacial score (nSPS) is 15.9. The predicted octanol–water partition coefficient (Wildman–Crippen LogP) is 4.98. The lowest BCUT2D eigenvalue weighted by molar-refractivity contribution is -0.138. The first-order valence-corrected chi connectivity index (χ1v) is 11.0. The highest BCUT2D eigenvalue weighted by Gasteiger charge is 2.34. The zero-order chi connectivity index (χ0) is 23.9. The van der Waals surface area contributed by atoms with Crippen LogP contribution >= 0.6 is 0 Å². The van der Waals surface area contributed by atoms with E-state index < -0.39 is 11.7 Å². The van der Waals surface area contributed by atoms with Crippen molar-refractivity contribution in [2.45, 2.75) is 44.8 Å². The van der Waals surface area contributed by atoms with E-state index in [0.29, 0.717) is 29.8 Å². The van der Waals surface area contributed by atoms with E-state index in [9.17, 15) is 13.2 Å². The number of ether oxygens (including phenoxy) is 1. The van der Waals surface area contributed by atoms with Crippen LogP contribution in [0.2, 0.25) is 0 Å². The van der Waals surface area contributed by atoms with Gasteiger partial charge in [0.2, 0.25) is 5.88 Å². The predicted molar refractivity (Wildman–Crippen MR) is 119 cm³/mol. The zero-order valence-electron chi connectivity index (χ0n) is 18.8. The number of benzene rings is 1. The maximum Gasteiger partial charge on any atom is 0.416 e. The number of pyridine rings is 1. The van der Waals surface area contributed by atoms with Crippen LogP contribution in [0.5, 0.6) is 5.88 Å². The third-order valence-electron chi connectivity index (χ3n) is 6.03. The van der Waals surface area contributed by atoms with E-state index >= 15 is 0 Å². The first-order valence-electron chi connectivity index (χ1n) is 11.0. The Morgan fingerprint density at radius 3 is 2.68 bits per heavy atom. The number of hydrogen-bond acceptors (Lipinski definition) is 5. The molecule has 0 fully saturated rings. The van der Waals surface area contributed by atoms with Gasteiger partial charge < -0.3 is 9.30 Å². The highest BCUT2D eigenvalue weighted by molar-refractivity contribution is 5.55. The minimum atomic E-state index is -4.39. The number of aromatic nitrogens is 6. The van der Waals surface area contributed by atoms with Gasteiger partial charge in [-0.25, -0.2) is 19.6 Å². The summed E-state index contributed by atoms with van der Waals surface area (Å²) in [5.74, 6) is 1.36. The van der Waals surface area contributed by atoms with E-state index in [1.807, 2.05) is 29.8 Å². The Kier molecular flexibility index (Phi) is 5.59. The minimum Gasteiger partial charge on any atom is -0.479 e. The van der Waals surface area contributed by atoms with E-state index in [1.54, 1.807) is 30.3 Å². The summed E-state index contributed by atoms with van der Waals surface area (Å²) in [6, 6.07) is 9.41. The Morgan fingerprint density at radius 1 is 1.12 bits per heavy atom. The maximum absolute atomic E-state index is 13.5. The molecule has 0 aliphatic carbocycles. The second kappa shape index (κ2) is 8.58. The topological polar surface area (TPSA) is 70.7 Å². The van der Waals surface area contributed by atoms with Gasteiger partial charge in [-0.05, 0) is 49.9 Å². The largest absolute Gasteiger partial charge is 0.479 e. The van der Waals surface area contributed by atoms with Crippen molar-refractivity contribution in [3.63, 3.8) is 0 Å². The fourth-order valence-corrected chi connectivity index (χ4v) is 4.44.